The Morgan fingerprint density at radius 2 is 1.97 bits per heavy atom. The molecule has 202 valence electrons. The molecule has 0 saturated carbocycles. The van der Waals surface area contributed by atoms with Gasteiger partial charge in [0.2, 0.25) is 11.8 Å². The van der Waals surface area contributed by atoms with Crippen LogP contribution in [0.15, 0.2) is 24.3 Å². The number of hydrogen-bond acceptors (Lipinski definition) is 6. The molecule has 2 heterocycles. The second kappa shape index (κ2) is 13.1. The molecule has 1 aliphatic heterocycles. The molecule has 2 aromatic rings. The van der Waals surface area contributed by atoms with Gasteiger partial charge in [0.25, 0.3) is 5.91 Å². The van der Waals surface area contributed by atoms with Crippen LogP contribution < -0.4 is 20.7 Å². The molecule has 3 rings (SSSR count). The van der Waals surface area contributed by atoms with Gasteiger partial charge in [-0.15, -0.1) is 0 Å². The topological polar surface area (TPSA) is 139 Å². The molecule has 0 aliphatic carbocycles. The number of fused-ring (bicyclic) bond motifs is 1. The van der Waals surface area contributed by atoms with Crippen molar-refractivity contribution in [2.24, 2.45) is 11.8 Å². The summed E-state index contributed by atoms with van der Waals surface area (Å²) in [5, 5.41) is 9.44. The largest absolute Gasteiger partial charge is 0.496 e. The minimum absolute atomic E-state index is 0.0448. The zero-order valence-corrected chi connectivity index (χ0v) is 22.0. The van der Waals surface area contributed by atoms with Crippen LogP contribution in [0.5, 0.6) is 5.75 Å². The molecule has 0 spiro atoms. The summed E-state index contributed by atoms with van der Waals surface area (Å²) in [5.74, 6) is -0.593. The minimum Gasteiger partial charge on any atom is -0.496 e. The molecule has 0 unspecified atom stereocenters. The monoisotopic (exact) mass is 514 g/mol. The van der Waals surface area contributed by atoms with Crippen LogP contribution in [0.2, 0.25) is 0 Å². The van der Waals surface area contributed by atoms with Crippen molar-refractivity contribution in [3.63, 3.8) is 0 Å². The van der Waals surface area contributed by atoms with Crippen LogP contribution in [0.1, 0.15) is 63.4 Å². The number of esters is 1. The third kappa shape index (κ3) is 7.71. The van der Waals surface area contributed by atoms with Gasteiger partial charge in [0.15, 0.2) is 0 Å². The molecule has 0 radical (unpaired) electrons. The quantitative estimate of drug-likeness (QED) is 0.303. The van der Waals surface area contributed by atoms with Gasteiger partial charge in [-0.05, 0) is 56.7 Å². The van der Waals surface area contributed by atoms with Crippen LogP contribution >= 0.6 is 0 Å². The van der Waals surface area contributed by atoms with Gasteiger partial charge in [0, 0.05) is 35.8 Å². The van der Waals surface area contributed by atoms with Crippen molar-refractivity contribution in [2.45, 2.75) is 65.0 Å². The number of nitrogens with one attached hydrogen (secondary N) is 4. The number of aromatic amines is 1. The number of amides is 3. The zero-order valence-electron chi connectivity index (χ0n) is 22.0. The number of hydrogen-bond donors (Lipinski definition) is 4. The summed E-state index contributed by atoms with van der Waals surface area (Å²) in [6, 6.07) is 6.00. The van der Waals surface area contributed by atoms with Crippen LogP contribution in [0, 0.1) is 11.8 Å². The standard InChI is InChI=1S/C27H38N4O6/c1-5-37-24(32)10-9-18(14-17-11-12-28-25(17)33)29-26(34)21(13-16(2)3)31-27(35)22-15-19-20(30-22)7-6-8-23(19)36-4/h6-8,15-18,21,30H,5,9-14H2,1-4H3,(H,28,33)(H,29,34)(H,31,35)/t17-,18+,21-/m0/s1. The highest BCUT2D eigenvalue weighted by Crippen LogP contribution is 2.26. The fraction of sp³-hybridized carbons (Fsp3) is 0.556. The van der Waals surface area contributed by atoms with Crippen molar-refractivity contribution < 1.29 is 28.7 Å². The number of carbonyl (C=O) groups is 4. The summed E-state index contributed by atoms with van der Waals surface area (Å²) >= 11 is 0. The predicted molar refractivity (Wildman–Crippen MR) is 139 cm³/mol. The second-order valence-electron chi connectivity index (χ2n) is 9.82. The van der Waals surface area contributed by atoms with Crippen molar-refractivity contribution in [3.05, 3.63) is 30.0 Å². The fourth-order valence-corrected chi connectivity index (χ4v) is 4.66. The van der Waals surface area contributed by atoms with Crippen LogP contribution in [0.4, 0.5) is 0 Å². The number of rotatable bonds is 13. The Morgan fingerprint density at radius 3 is 2.62 bits per heavy atom. The Hall–Kier alpha value is -3.56. The van der Waals surface area contributed by atoms with Crippen molar-refractivity contribution in [1.29, 1.82) is 0 Å². The Morgan fingerprint density at radius 1 is 1.19 bits per heavy atom. The maximum absolute atomic E-state index is 13.4. The number of H-pyrrole nitrogens is 1. The summed E-state index contributed by atoms with van der Waals surface area (Å²) < 4.78 is 10.4. The average Bonchev–Trinajstić information content (AvgIpc) is 3.48. The summed E-state index contributed by atoms with van der Waals surface area (Å²) in [4.78, 5) is 53.7. The highest BCUT2D eigenvalue weighted by Gasteiger charge is 2.30. The highest BCUT2D eigenvalue weighted by molar-refractivity contribution is 6.01. The van der Waals surface area contributed by atoms with Crippen molar-refractivity contribution in [2.75, 3.05) is 20.3 Å². The van der Waals surface area contributed by atoms with Gasteiger partial charge in [-0.25, -0.2) is 0 Å². The first-order valence-electron chi connectivity index (χ1n) is 12.9. The maximum atomic E-state index is 13.4. The summed E-state index contributed by atoms with van der Waals surface area (Å²) in [5.41, 5.74) is 1.07. The lowest BCUT2D eigenvalue weighted by atomic mass is 9.94. The predicted octanol–water partition coefficient (Wildman–Crippen LogP) is 2.68. The minimum atomic E-state index is -0.789. The molecule has 1 saturated heterocycles. The van der Waals surface area contributed by atoms with E-state index in [9.17, 15) is 19.2 Å². The summed E-state index contributed by atoms with van der Waals surface area (Å²) in [6.07, 6.45) is 2.00. The lowest BCUT2D eigenvalue weighted by Gasteiger charge is -2.25. The van der Waals surface area contributed by atoms with Gasteiger partial charge in [-0.2, -0.15) is 0 Å². The van der Waals surface area contributed by atoms with E-state index in [1.54, 1.807) is 20.1 Å². The average molecular weight is 515 g/mol. The van der Waals surface area contributed by atoms with Gasteiger partial charge in [0.05, 0.1) is 13.7 Å². The van der Waals surface area contributed by atoms with Gasteiger partial charge < -0.3 is 30.4 Å². The Kier molecular flexibility index (Phi) is 9.93. The van der Waals surface area contributed by atoms with Gasteiger partial charge >= 0.3 is 5.97 Å². The van der Waals surface area contributed by atoms with Gasteiger partial charge in [0.1, 0.15) is 17.5 Å². The first-order valence-corrected chi connectivity index (χ1v) is 12.9. The molecule has 37 heavy (non-hydrogen) atoms. The highest BCUT2D eigenvalue weighted by atomic mass is 16.5. The molecule has 3 atom stereocenters. The van der Waals surface area contributed by atoms with E-state index in [1.165, 1.54) is 0 Å². The van der Waals surface area contributed by atoms with Crippen LogP contribution in [0.25, 0.3) is 10.9 Å². The normalized spacial score (nSPS) is 16.8. The first kappa shape index (κ1) is 28.0. The summed E-state index contributed by atoms with van der Waals surface area (Å²) in [7, 11) is 1.57. The Balaban J connectivity index is 1.73. The van der Waals surface area contributed by atoms with Crippen molar-refractivity contribution in [1.82, 2.24) is 20.9 Å². The van der Waals surface area contributed by atoms with E-state index >= 15 is 0 Å². The van der Waals surface area contributed by atoms with Crippen molar-refractivity contribution >= 4 is 34.6 Å². The molecular weight excluding hydrogens is 476 g/mol. The number of ether oxygens (including phenoxy) is 2. The number of benzene rings is 1. The van der Waals surface area contributed by atoms with Crippen LogP contribution in [-0.2, 0) is 19.1 Å². The van der Waals surface area contributed by atoms with E-state index in [0.29, 0.717) is 43.7 Å². The van der Waals surface area contributed by atoms with E-state index in [2.05, 4.69) is 20.9 Å². The van der Waals surface area contributed by atoms with E-state index < -0.39 is 18.0 Å². The summed E-state index contributed by atoms with van der Waals surface area (Å²) in [6.45, 7) is 6.57. The molecule has 1 aromatic heterocycles. The van der Waals surface area contributed by atoms with Crippen molar-refractivity contribution in [3.8, 4) is 5.75 Å². The molecule has 1 fully saturated rings. The fourth-order valence-electron chi connectivity index (χ4n) is 4.66. The molecule has 4 N–H and O–H groups in total. The molecule has 0 bridgehead atoms. The molecule has 1 aromatic carbocycles. The first-order chi connectivity index (χ1) is 17.7. The van der Waals surface area contributed by atoms with E-state index in [4.69, 9.17) is 9.47 Å². The second-order valence-corrected chi connectivity index (χ2v) is 9.82. The third-order valence-electron chi connectivity index (χ3n) is 6.50. The van der Waals surface area contributed by atoms with Gasteiger partial charge in [-0.1, -0.05) is 19.9 Å². The molecule has 10 nitrogen and oxygen atoms in total. The van der Waals surface area contributed by atoms with Crippen LogP contribution in [-0.4, -0.2) is 61.0 Å². The smallest absolute Gasteiger partial charge is 0.305 e. The number of carbonyl (C=O) groups excluding carboxylic acids is 4. The van der Waals surface area contributed by atoms with Gasteiger partial charge in [-0.3, -0.25) is 19.2 Å². The Labute approximate surface area is 217 Å². The van der Waals surface area contributed by atoms with E-state index in [1.807, 2.05) is 32.0 Å². The molecule has 1 aliphatic rings. The number of aromatic nitrogens is 1. The molecule has 10 heteroatoms. The molecule has 3 amide bonds. The SMILES string of the molecule is CCOC(=O)CC[C@H](C[C@@H]1CCNC1=O)NC(=O)[C@H](CC(C)C)NC(=O)c1cc2c(OC)cccc2[nH]1. The number of methoxy groups -OCH3 is 1. The van der Waals surface area contributed by atoms with E-state index in [0.717, 1.165) is 10.9 Å². The lowest BCUT2D eigenvalue weighted by molar-refractivity contribution is -0.143. The Bertz CT molecular complexity index is 1110. The third-order valence-corrected chi connectivity index (χ3v) is 6.50. The molecular formula is C27H38N4O6. The zero-order chi connectivity index (χ0) is 26.9. The maximum Gasteiger partial charge on any atom is 0.305 e. The lowest BCUT2D eigenvalue weighted by Crippen LogP contribution is -2.50. The van der Waals surface area contributed by atoms with E-state index in [-0.39, 0.29) is 42.6 Å². The van der Waals surface area contributed by atoms with Crippen LogP contribution in [0.3, 0.4) is 0 Å².